The Morgan fingerprint density at radius 3 is 2.74 bits per heavy atom. The Labute approximate surface area is 116 Å². The molecule has 104 valence electrons. The van der Waals surface area contributed by atoms with Crippen molar-refractivity contribution in [1.29, 1.82) is 0 Å². The molecule has 1 aromatic rings. The Morgan fingerprint density at radius 2 is 2.05 bits per heavy atom. The van der Waals surface area contributed by atoms with Crippen LogP contribution in [0.1, 0.15) is 29.2 Å². The van der Waals surface area contributed by atoms with E-state index in [1.807, 2.05) is 4.90 Å². The summed E-state index contributed by atoms with van der Waals surface area (Å²) < 4.78 is 0. The normalized spacial score (nSPS) is 19.6. The van der Waals surface area contributed by atoms with Gasteiger partial charge < -0.3 is 10.2 Å². The van der Waals surface area contributed by atoms with Crippen molar-refractivity contribution in [3.8, 4) is 0 Å². The summed E-state index contributed by atoms with van der Waals surface area (Å²) in [5, 5.41) is 3.36. The van der Waals surface area contributed by atoms with Crippen molar-refractivity contribution in [2.75, 3.05) is 19.6 Å². The molecule has 1 atom stereocenters. The lowest BCUT2D eigenvalue weighted by Gasteiger charge is -2.32. The lowest BCUT2D eigenvalue weighted by atomic mass is 9.96. The first kappa shape index (κ1) is 14.1. The van der Waals surface area contributed by atoms with Crippen molar-refractivity contribution < 1.29 is 4.79 Å². The zero-order valence-corrected chi connectivity index (χ0v) is 12.4. The molecule has 3 heteroatoms. The minimum atomic E-state index is 0.250. The molecule has 0 aromatic heterocycles. The molecule has 1 unspecified atom stereocenters. The second-order valence-electron chi connectivity index (χ2n) is 5.66. The van der Waals surface area contributed by atoms with Gasteiger partial charge in [-0.1, -0.05) is 12.1 Å². The third-order valence-corrected chi connectivity index (χ3v) is 4.23. The molecule has 0 bridgehead atoms. The van der Waals surface area contributed by atoms with Crippen LogP contribution in [0.5, 0.6) is 0 Å². The molecule has 3 nitrogen and oxygen atoms in total. The molecule has 1 N–H and O–H groups in total. The number of nitrogens with zero attached hydrogens (tertiary/aromatic N) is 1. The number of carbonyl (C=O) groups excluding carboxylic acids is 1. The Bertz CT molecular complexity index is 482. The van der Waals surface area contributed by atoms with Crippen molar-refractivity contribution in [1.82, 2.24) is 10.2 Å². The molecule has 1 aliphatic rings. The van der Waals surface area contributed by atoms with E-state index in [4.69, 9.17) is 0 Å². The monoisotopic (exact) mass is 260 g/mol. The maximum atomic E-state index is 12.4. The molecule has 0 radical (unpaired) electrons. The average Bonchev–Trinajstić information content (AvgIpc) is 2.39. The molecular weight excluding hydrogens is 236 g/mol. The number of hydrogen-bond acceptors (Lipinski definition) is 2. The van der Waals surface area contributed by atoms with Crippen LogP contribution in [0.4, 0.5) is 0 Å². The first-order valence-corrected chi connectivity index (χ1v) is 7.06. The van der Waals surface area contributed by atoms with Crippen molar-refractivity contribution in [3.63, 3.8) is 0 Å². The quantitative estimate of drug-likeness (QED) is 0.882. The summed E-state index contributed by atoms with van der Waals surface area (Å²) in [6, 6.07) is 4.62. The molecule has 1 aromatic carbocycles. The highest BCUT2D eigenvalue weighted by Crippen LogP contribution is 2.18. The van der Waals surface area contributed by atoms with Crippen molar-refractivity contribution >= 4 is 5.91 Å². The smallest absolute Gasteiger partial charge is 0.227 e. The molecule has 19 heavy (non-hydrogen) atoms. The predicted molar refractivity (Wildman–Crippen MR) is 78.4 cm³/mol. The van der Waals surface area contributed by atoms with E-state index in [-0.39, 0.29) is 5.91 Å². The molecule has 0 saturated carbocycles. The lowest BCUT2D eigenvalue weighted by molar-refractivity contribution is -0.131. The molecule has 0 aliphatic carbocycles. The van der Waals surface area contributed by atoms with Gasteiger partial charge in [0.2, 0.25) is 5.91 Å². The summed E-state index contributed by atoms with van der Waals surface area (Å²) in [6.07, 6.45) is 0.527. The van der Waals surface area contributed by atoms with Gasteiger partial charge in [-0.05, 0) is 49.9 Å². The van der Waals surface area contributed by atoms with E-state index < -0.39 is 0 Å². The second-order valence-corrected chi connectivity index (χ2v) is 5.66. The number of aryl methyl sites for hydroxylation is 1. The number of nitrogens with one attached hydrogen (secondary N) is 1. The van der Waals surface area contributed by atoms with E-state index in [1.54, 1.807) is 0 Å². The van der Waals surface area contributed by atoms with E-state index in [9.17, 15) is 4.79 Å². The Hall–Kier alpha value is -1.35. The lowest BCUT2D eigenvalue weighted by Crippen LogP contribution is -2.51. The van der Waals surface area contributed by atoms with Gasteiger partial charge in [0.1, 0.15) is 0 Å². The summed E-state index contributed by atoms with van der Waals surface area (Å²) >= 11 is 0. The Morgan fingerprint density at radius 1 is 1.32 bits per heavy atom. The Kier molecular flexibility index (Phi) is 4.25. The van der Waals surface area contributed by atoms with Crippen LogP contribution in [-0.4, -0.2) is 36.5 Å². The second kappa shape index (κ2) is 5.74. The number of piperazine rings is 1. The molecule has 1 heterocycles. The van der Waals surface area contributed by atoms with E-state index >= 15 is 0 Å². The summed E-state index contributed by atoms with van der Waals surface area (Å²) in [7, 11) is 0. The Balaban J connectivity index is 2.08. The molecule has 1 amide bonds. The fraction of sp³-hybridized carbons (Fsp3) is 0.562. The van der Waals surface area contributed by atoms with Gasteiger partial charge in [0.25, 0.3) is 0 Å². The van der Waals surface area contributed by atoms with Crippen LogP contribution in [0.3, 0.4) is 0 Å². The highest BCUT2D eigenvalue weighted by molar-refractivity contribution is 5.79. The van der Waals surface area contributed by atoms with Crippen LogP contribution in [0.15, 0.2) is 12.1 Å². The number of amides is 1. The van der Waals surface area contributed by atoms with Gasteiger partial charge in [0.05, 0.1) is 6.42 Å². The summed E-state index contributed by atoms with van der Waals surface area (Å²) in [5.74, 6) is 0.250. The van der Waals surface area contributed by atoms with Gasteiger partial charge in [0.15, 0.2) is 0 Å². The molecular formula is C16H24N2O. The summed E-state index contributed by atoms with van der Waals surface area (Å²) in [4.78, 5) is 14.3. The van der Waals surface area contributed by atoms with E-state index in [1.165, 1.54) is 22.3 Å². The molecule has 1 fully saturated rings. The SMILES string of the molecule is Cc1ccc(CC(=O)N2CCNC(C)C2)c(C)c1C. The van der Waals surface area contributed by atoms with Gasteiger partial charge in [0, 0.05) is 25.7 Å². The first-order chi connectivity index (χ1) is 8.99. The zero-order chi connectivity index (χ0) is 14.0. The topological polar surface area (TPSA) is 32.3 Å². The zero-order valence-electron chi connectivity index (χ0n) is 12.4. The molecule has 1 aliphatic heterocycles. The highest BCUT2D eigenvalue weighted by atomic mass is 16.2. The predicted octanol–water partition coefficient (Wildman–Crippen LogP) is 1.97. The molecule has 1 saturated heterocycles. The highest BCUT2D eigenvalue weighted by Gasteiger charge is 2.21. The van der Waals surface area contributed by atoms with E-state index in [0.717, 1.165) is 19.6 Å². The van der Waals surface area contributed by atoms with Crippen molar-refractivity contribution in [3.05, 3.63) is 34.4 Å². The number of hydrogen-bond donors (Lipinski definition) is 1. The van der Waals surface area contributed by atoms with Crippen LogP contribution in [0, 0.1) is 20.8 Å². The van der Waals surface area contributed by atoms with Crippen molar-refractivity contribution in [2.24, 2.45) is 0 Å². The maximum absolute atomic E-state index is 12.4. The minimum absolute atomic E-state index is 0.250. The third-order valence-electron chi connectivity index (χ3n) is 4.23. The fourth-order valence-corrected chi connectivity index (χ4v) is 2.64. The largest absolute Gasteiger partial charge is 0.340 e. The van der Waals surface area contributed by atoms with Crippen molar-refractivity contribution in [2.45, 2.75) is 40.2 Å². The number of carbonyl (C=O) groups is 1. The number of benzene rings is 1. The van der Waals surface area contributed by atoms with Crippen LogP contribution >= 0.6 is 0 Å². The third kappa shape index (κ3) is 3.16. The van der Waals surface area contributed by atoms with Gasteiger partial charge >= 0.3 is 0 Å². The summed E-state index contributed by atoms with van der Waals surface area (Å²) in [5.41, 5.74) is 5.03. The van der Waals surface area contributed by atoms with Crippen LogP contribution in [0.2, 0.25) is 0 Å². The van der Waals surface area contributed by atoms with Crippen LogP contribution < -0.4 is 5.32 Å². The average molecular weight is 260 g/mol. The van der Waals surface area contributed by atoms with Crippen LogP contribution in [-0.2, 0) is 11.2 Å². The van der Waals surface area contributed by atoms with Gasteiger partial charge in [-0.15, -0.1) is 0 Å². The van der Waals surface area contributed by atoms with Crippen LogP contribution in [0.25, 0.3) is 0 Å². The van der Waals surface area contributed by atoms with E-state index in [0.29, 0.717) is 12.5 Å². The van der Waals surface area contributed by atoms with Gasteiger partial charge in [-0.25, -0.2) is 0 Å². The fourth-order valence-electron chi connectivity index (χ4n) is 2.64. The van der Waals surface area contributed by atoms with E-state index in [2.05, 4.69) is 45.1 Å². The molecule has 0 spiro atoms. The van der Waals surface area contributed by atoms with Gasteiger partial charge in [-0.3, -0.25) is 4.79 Å². The minimum Gasteiger partial charge on any atom is -0.340 e. The number of rotatable bonds is 2. The molecule has 2 rings (SSSR count). The van der Waals surface area contributed by atoms with Gasteiger partial charge in [-0.2, -0.15) is 0 Å². The standard InChI is InChI=1S/C16H24N2O/c1-11-5-6-15(14(4)13(11)3)9-16(19)18-8-7-17-12(2)10-18/h5-6,12,17H,7-10H2,1-4H3. The summed E-state index contributed by atoms with van der Waals surface area (Å²) in [6.45, 7) is 11.0. The maximum Gasteiger partial charge on any atom is 0.227 e. The first-order valence-electron chi connectivity index (χ1n) is 7.06.